The minimum atomic E-state index is -0.775. The van der Waals surface area contributed by atoms with E-state index in [2.05, 4.69) is 23.0 Å². The third-order valence-corrected chi connectivity index (χ3v) is 1.85. The molecule has 0 aliphatic carbocycles. The first-order chi connectivity index (χ1) is 4.66. The maximum atomic E-state index is 10.5. The van der Waals surface area contributed by atoms with Crippen LogP contribution >= 0.6 is 12.2 Å². The average Bonchev–Trinajstić information content (AvgIpc) is 1.87. The third kappa shape index (κ3) is 5.93. The van der Waals surface area contributed by atoms with Crippen LogP contribution in [0.3, 0.4) is 0 Å². The fraction of sp³-hybridized carbons (Fsp3) is 0.750. The van der Waals surface area contributed by atoms with Crippen LogP contribution in [0.4, 0.5) is 0 Å². The summed E-state index contributed by atoms with van der Waals surface area (Å²) in [6.07, 6.45) is 1.64. The molecule has 60 valence electrons. The number of nitrogens with two attached hydrogens (primary N) is 1. The summed E-state index contributed by atoms with van der Waals surface area (Å²) in [6.45, 7) is 0.589. The van der Waals surface area contributed by atoms with E-state index in [0.29, 0.717) is 17.4 Å². The van der Waals surface area contributed by atoms with Gasteiger partial charge in [0, 0.05) is 29.4 Å². The van der Waals surface area contributed by atoms with E-state index in [-0.39, 0.29) is 0 Å². The molecule has 0 aliphatic heterocycles. The Labute approximate surface area is 68.0 Å². The molecule has 0 aromatic carbocycles. The Morgan fingerprint density at radius 2 is 2.40 bits per heavy atom. The van der Waals surface area contributed by atoms with Crippen molar-refractivity contribution < 1.29 is 4.21 Å². The van der Waals surface area contributed by atoms with Gasteiger partial charge in [-0.1, -0.05) is 0 Å². The van der Waals surface area contributed by atoms with Gasteiger partial charge in [0.15, 0.2) is 5.11 Å². The van der Waals surface area contributed by atoms with Crippen molar-refractivity contribution in [1.82, 2.24) is 10.7 Å². The maximum absolute atomic E-state index is 10.5. The van der Waals surface area contributed by atoms with E-state index in [1.54, 1.807) is 6.26 Å². The van der Waals surface area contributed by atoms with Gasteiger partial charge in [0.25, 0.3) is 0 Å². The van der Waals surface area contributed by atoms with Crippen molar-refractivity contribution in [3.05, 3.63) is 0 Å². The zero-order valence-electron chi connectivity index (χ0n) is 5.72. The molecular formula is C4H11N3OS2. The van der Waals surface area contributed by atoms with E-state index in [1.807, 2.05) is 0 Å². The lowest BCUT2D eigenvalue weighted by Gasteiger charge is -2.03. The Balaban J connectivity index is 3.20. The Morgan fingerprint density at radius 3 is 2.80 bits per heavy atom. The average molecular weight is 181 g/mol. The second kappa shape index (κ2) is 5.57. The van der Waals surface area contributed by atoms with Gasteiger partial charge in [0.05, 0.1) is 0 Å². The summed E-state index contributed by atoms with van der Waals surface area (Å²) in [5.74, 6) is 5.54. The number of thiocarbonyl (C=S) groups is 1. The van der Waals surface area contributed by atoms with E-state index < -0.39 is 10.8 Å². The minimum Gasteiger partial charge on any atom is -0.361 e. The van der Waals surface area contributed by atoms with Crippen molar-refractivity contribution in [2.75, 3.05) is 18.6 Å². The van der Waals surface area contributed by atoms with Crippen molar-refractivity contribution in [2.24, 2.45) is 5.84 Å². The van der Waals surface area contributed by atoms with Crippen LogP contribution in [0.1, 0.15) is 0 Å². The standard InChI is InChI=1S/C4H11N3OS2/c1-10(8)3-2-6-4(9)7-5/h2-3,5H2,1H3,(H2,6,7,9). The van der Waals surface area contributed by atoms with Crippen molar-refractivity contribution in [3.8, 4) is 0 Å². The predicted octanol–water partition coefficient (Wildman–Crippen LogP) is -1.30. The lowest BCUT2D eigenvalue weighted by molar-refractivity contribution is 0.685. The zero-order valence-corrected chi connectivity index (χ0v) is 7.35. The Hall–Kier alpha value is -0.200. The summed E-state index contributed by atoms with van der Waals surface area (Å²) in [4.78, 5) is 0. The van der Waals surface area contributed by atoms with Crippen LogP contribution in [0.25, 0.3) is 0 Å². The van der Waals surface area contributed by atoms with Crippen molar-refractivity contribution in [3.63, 3.8) is 0 Å². The van der Waals surface area contributed by atoms with E-state index >= 15 is 0 Å². The van der Waals surface area contributed by atoms with Gasteiger partial charge in [-0.15, -0.1) is 0 Å². The molecular weight excluding hydrogens is 170 g/mol. The molecule has 0 bridgehead atoms. The Morgan fingerprint density at radius 1 is 1.80 bits per heavy atom. The van der Waals surface area contributed by atoms with E-state index in [0.717, 1.165) is 0 Å². The molecule has 10 heavy (non-hydrogen) atoms. The lowest BCUT2D eigenvalue weighted by Crippen LogP contribution is -2.41. The molecule has 0 aliphatic rings. The molecule has 0 aromatic heterocycles. The number of nitrogens with one attached hydrogen (secondary N) is 2. The molecule has 0 saturated heterocycles. The van der Waals surface area contributed by atoms with Crippen LogP contribution in [0.5, 0.6) is 0 Å². The molecule has 0 spiro atoms. The van der Waals surface area contributed by atoms with Gasteiger partial charge in [-0.05, 0) is 12.2 Å². The highest BCUT2D eigenvalue weighted by Crippen LogP contribution is 1.71. The Kier molecular flexibility index (Phi) is 5.46. The van der Waals surface area contributed by atoms with Gasteiger partial charge in [-0.3, -0.25) is 4.21 Å². The molecule has 4 N–H and O–H groups in total. The summed E-state index contributed by atoms with van der Waals surface area (Å²) in [6, 6.07) is 0. The molecule has 1 atom stereocenters. The highest BCUT2D eigenvalue weighted by atomic mass is 32.2. The van der Waals surface area contributed by atoms with Crippen LogP contribution in [0.15, 0.2) is 0 Å². The van der Waals surface area contributed by atoms with Crippen molar-refractivity contribution >= 4 is 28.1 Å². The second-order valence-corrected chi connectivity index (χ2v) is 3.64. The van der Waals surface area contributed by atoms with E-state index in [9.17, 15) is 4.21 Å². The molecule has 0 amide bonds. The smallest absolute Gasteiger partial charge is 0.180 e. The number of hydrazine groups is 1. The fourth-order valence-corrected chi connectivity index (χ4v) is 0.851. The highest BCUT2D eigenvalue weighted by Gasteiger charge is 1.91. The molecule has 0 saturated carbocycles. The van der Waals surface area contributed by atoms with Gasteiger partial charge in [-0.25, -0.2) is 5.84 Å². The monoisotopic (exact) mass is 181 g/mol. The molecule has 0 rings (SSSR count). The zero-order chi connectivity index (χ0) is 7.98. The highest BCUT2D eigenvalue weighted by molar-refractivity contribution is 7.84. The van der Waals surface area contributed by atoms with E-state index in [1.165, 1.54) is 0 Å². The van der Waals surface area contributed by atoms with Crippen LogP contribution in [-0.2, 0) is 10.8 Å². The summed E-state index contributed by atoms with van der Waals surface area (Å²) in [5.41, 5.74) is 2.26. The van der Waals surface area contributed by atoms with Gasteiger partial charge >= 0.3 is 0 Å². The maximum Gasteiger partial charge on any atom is 0.180 e. The van der Waals surface area contributed by atoms with Gasteiger partial charge < -0.3 is 10.7 Å². The predicted molar refractivity (Wildman–Crippen MR) is 46.9 cm³/mol. The van der Waals surface area contributed by atoms with Crippen molar-refractivity contribution in [1.29, 1.82) is 0 Å². The SMILES string of the molecule is CS(=O)CCNC(=S)NN. The van der Waals surface area contributed by atoms with Gasteiger partial charge in [0.2, 0.25) is 0 Å². The normalized spacial score (nSPS) is 12.2. The first-order valence-electron chi connectivity index (χ1n) is 2.71. The lowest BCUT2D eigenvalue weighted by atomic mass is 10.7. The first-order valence-corrected chi connectivity index (χ1v) is 4.85. The topological polar surface area (TPSA) is 67.2 Å². The quantitative estimate of drug-likeness (QED) is 0.287. The van der Waals surface area contributed by atoms with Crippen LogP contribution < -0.4 is 16.6 Å². The summed E-state index contributed by atoms with van der Waals surface area (Å²) < 4.78 is 10.5. The van der Waals surface area contributed by atoms with Crippen LogP contribution in [-0.4, -0.2) is 27.9 Å². The Bertz CT molecular complexity index is 138. The molecule has 4 nitrogen and oxygen atoms in total. The van der Waals surface area contributed by atoms with Gasteiger partial charge in [-0.2, -0.15) is 0 Å². The minimum absolute atomic E-state index is 0.380. The van der Waals surface area contributed by atoms with Gasteiger partial charge in [0.1, 0.15) is 0 Å². The molecule has 0 radical (unpaired) electrons. The van der Waals surface area contributed by atoms with Crippen LogP contribution in [0.2, 0.25) is 0 Å². The summed E-state index contributed by atoms with van der Waals surface area (Å²) in [7, 11) is -0.775. The number of rotatable bonds is 3. The molecule has 0 heterocycles. The van der Waals surface area contributed by atoms with Crippen LogP contribution in [0, 0.1) is 0 Å². The second-order valence-electron chi connectivity index (χ2n) is 1.68. The molecule has 6 heteroatoms. The third-order valence-electron chi connectivity index (χ3n) is 0.806. The number of hydrogen-bond donors (Lipinski definition) is 3. The first kappa shape index (κ1) is 9.80. The van der Waals surface area contributed by atoms with E-state index in [4.69, 9.17) is 5.84 Å². The molecule has 0 aromatic rings. The largest absolute Gasteiger partial charge is 0.361 e. The number of hydrogen-bond acceptors (Lipinski definition) is 3. The molecule has 0 fully saturated rings. The summed E-state index contributed by atoms with van der Waals surface area (Å²) in [5, 5.41) is 3.15. The summed E-state index contributed by atoms with van der Waals surface area (Å²) >= 11 is 4.66. The fourth-order valence-electron chi connectivity index (χ4n) is 0.359. The molecule has 1 unspecified atom stereocenters. The van der Waals surface area contributed by atoms with Crippen molar-refractivity contribution in [2.45, 2.75) is 0 Å².